The molecule has 0 atom stereocenters. The predicted octanol–water partition coefficient (Wildman–Crippen LogP) is 15.0. The summed E-state index contributed by atoms with van der Waals surface area (Å²) in [5.41, 5.74) is 3.84. The molecule has 0 radical (unpaired) electrons. The number of thioether (sulfide) groups is 2. The van der Waals surface area contributed by atoms with Gasteiger partial charge in [0.15, 0.2) is 0 Å². The van der Waals surface area contributed by atoms with Crippen molar-refractivity contribution in [2.45, 2.75) is 212 Å². The van der Waals surface area contributed by atoms with E-state index in [9.17, 15) is 5.11 Å². The van der Waals surface area contributed by atoms with Crippen molar-refractivity contribution in [2.75, 3.05) is 11.5 Å². The normalized spacial score (nSPS) is 11.5. The number of rotatable bonds is 34. The van der Waals surface area contributed by atoms with Crippen molar-refractivity contribution in [1.29, 1.82) is 0 Å². The summed E-state index contributed by atoms with van der Waals surface area (Å²) in [7, 11) is 0. The number of phenols is 1. The quantitative estimate of drug-likeness (QED) is 0.0751. The first-order valence-electron chi connectivity index (χ1n) is 19.7. The van der Waals surface area contributed by atoms with E-state index in [2.05, 4.69) is 32.9 Å². The van der Waals surface area contributed by atoms with Gasteiger partial charge >= 0.3 is 0 Å². The highest BCUT2D eigenvalue weighted by Gasteiger charge is 2.11. The van der Waals surface area contributed by atoms with Crippen molar-refractivity contribution in [2.24, 2.45) is 0 Å². The van der Waals surface area contributed by atoms with Gasteiger partial charge in [-0.05, 0) is 42.8 Å². The maximum absolute atomic E-state index is 11.2. The summed E-state index contributed by atoms with van der Waals surface area (Å²) in [5.74, 6) is 4.97. The molecular formula is C41H76OS2. The Balaban J connectivity index is 2.39. The summed E-state index contributed by atoms with van der Waals surface area (Å²) in [6.45, 7) is 6.89. The van der Waals surface area contributed by atoms with Crippen LogP contribution in [0.2, 0.25) is 0 Å². The smallest absolute Gasteiger partial charge is 0.123 e. The summed E-state index contributed by atoms with van der Waals surface area (Å²) in [5, 5.41) is 11.2. The van der Waals surface area contributed by atoms with Crippen LogP contribution in [0.3, 0.4) is 0 Å². The molecule has 258 valence electrons. The molecule has 0 aliphatic rings. The van der Waals surface area contributed by atoms with Gasteiger partial charge in [-0.1, -0.05) is 187 Å². The lowest BCUT2D eigenvalue weighted by atomic mass is 10.00. The molecule has 0 bridgehead atoms. The van der Waals surface area contributed by atoms with E-state index in [1.54, 1.807) is 0 Å². The van der Waals surface area contributed by atoms with Crippen LogP contribution < -0.4 is 0 Å². The van der Waals surface area contributed by atoms with Crippen molar-refractivity contribution in [3.05, 3.63) is 28.8 Å². The van der Waals surface area contributed by atoms with Crippen molar-refractivity contribution in [3.8, 4) is 5.75 Å². The standard InChI is InChI=1S/C41H76OS2/c1-4-7-10-13-16-18-20-23-26-29-32-43-36-39-34-38(31-28-25-22-15-12-9-6-3)35-40(41(39)42)37-44-33-30-27-24-21-19-17-14-11-8-5-2/h34-35,42H,4-33,36-37H2,1-3H3. The molecule has 1 nitrogen and oxygen atoms in total. The highest BCUT2D eigenvalue weighted by molar-refractivity contribution is 7.98. The number of hydrogen-bond acceptors (Lipinski definition) is 3. The summed E-state index contributed by atoms with van der Waals surface area (Å²) < 4.78 is 0. The minimum Gasteiger partial charge on any atom is -0.507 e. The Hall–Kier alpha value is -0.280. The molecule has 0 aromatic heterocycles. The average Bonchev–Trinajstić information content (AvgIpc) is 3.03. The number of aromatic hydroxyl groups is 1. The molecule has 1 rings (SSSR count). The average molecular weight is 649 g/mol. The summed E-state index contributed by atoms with van der Waals surface area (Å²) in [4.78, 5) is 0. The first-order valence-corrected chi connectivity index (χ1v) is 22.0. The second-order valence-corrected chi connectivity index (χ2v) is 15.8. The van der Waals surface area contributed by atoms with Crippen molar-refractivity contribution in [3.63, 3.8) is 0 Å². The fraction of sp³-hybridized carbons (Fsp3) is 0.854. The van der Waals surface area contributed by atoms with Crippen LogP contribution in [0.5, 0.6) is 5.75 Å². The van der Waals surface area contributed by atoms with E-state index in [-0.39, 0.29) is 0 Å². The summed E-state index contributed by atoms with van der Waals surface area (Å²) in [6, 6.07) is 4.68. The van der Waals surface area contributed by atoms with Gasteiger partial charge in [-0.15, -0.1) is 0 Å². The lowest BCUT2D eigenvalue weighted by Crippen LogP contribution is -1.96. The fourth-order valence-electron chi connectivity index (χ4n) is 6.23. The Morgan fingerprint density at radius 1 is 0.409 bits per heavy atom. The van der Waals surface area contributed by atoms with Gasteiger partial charge in [0.1, 0.15) is 5.75 Å². The Bertz CT molecular complexity index is 684. The van der Waals surface area contributed by atoms with E-state index in [1.165, 1.54) is 208 Å². The van der Waals surface area contributed by atoms with Crippen LogP contribution in [-0.4, -0.2) is 16.6 Å². The van der Waals surface area contributed by atoms with E-state index in [0.717, 1.165) is 11.5 Å². The zero-order chi connectivity index (χ0) is 31.8. The highest BCUT2D eigenvalue weighted by Crippen LogP contribution is 2.32. The van der Waals surface area contributed by atoms with Gasteiger partial charge in [0, 0.05) is 22.6 Å². The van der Waals surface area contributed by atoms with Crippen molar-refractivity contribution >= 4 is 23.5 Å². The topological polar surface area (TPSA) is 20.2 Å². The minimum absolute atomic E-state index is 0.597. The van der Waals surface area contributed by atoms with Gasteiger partial charge in [0.25, 0.3) is 0 Å². The first-order chi connectivity index (χ1) is 21.7. The Morgan fingerprint density at radius 2 is 0.705 bits per heavy atom. The van der Waals surface area contributed by atoms with Gasteiger partial charge in [0.2, 0.25) is 0 Å². The van der Waals surface area contributed by atoms with Gasteiger partial charge in [-0.25, -0.2) is 0 Å². The number of hydrogen-bond donors (Lipinski definition) is 1. The number of benzene rings is 1. The Labute approximate surface area is 285 Å². The molecule has 0 spiro atoms. The lowest BCUT2D eigenvalue weighted by molar-refractivity contribution is 0.465. The molecule has 1 aromatic carbocycles. The van der Waals surface area contributed by atoms with E-state index in [0.29, 0.717) is 5.75 Å². The molecule has 0 amide bonds. The van der Waals surface area contributed by atoms with E-state index >= 15 is 0 Å². The van der Waals surface area contributed by atoms with Crippen LogP contribution in [0.25, 0.3) is 0 Å². The molecule has 0 aliphatic heterocycles. The Kier molecular flexibility index (Phi) is 31.0. The second kappa shape index (κ2) is 32.7. The maximum Gasteiger partial charge on any atom is 0.123 e. The second-order valence-electron chi connectivity index (χ2n) is 13.6. The van der Waals surface area contributed by atoms with Gasteiger partial charge in [0.05, 0.1) is 0 Å². The van der Waals surface area contributed by atoms with Crippen molar-refractivity contribution < 1.29 is 5.11 Å². The molecule has 0 aliphatic carbocycles. The molecule has 3 heteroatoms. The number of aryl methyl sites for hydroxylation is 1. The highest BCUT2D eigenvalue weighted by atomic mass is 32.2. The molecule has 0 unspecified atom stereocenters. The van der Waals surface area contributed by atoms with Crippen LogP contribution in [-0.2, 0) is 17.9 Å². The molecular weight excluding hydrogens is 573 g/mol. The number of phenolic OH excluding ortho intramolecular Hbond substituents is 1. The minimum atomic E-state index is 0.597. The number of unbranched alkanes of at least 4 members (excludes halogenated alkanes) is 24. The lowest BCUT2D eigenvalue weighted by Gasteiger charge is -2.14. The Morgan fingerprint density at radius 3 is 1.05 bits per heavy atom. The van der Waals surface area contributed by atoms with Gasteiger partial charge in [-0.2, -0.15) is 23.5 Å². The third-order valence-corrected chi connectivity index (χ3v) is 11.4. The fourth-order valence-corrected chi connectivity index (χ4v) is 8.22. The van der Waals surface area contributed by atoms with E-state index in [4.69, 9.17) is 0 Å². The van der Waals surface area contributed by atoms with Gasteiger partial charge < -0.3 is 5.11 Å². The largest absolute Gasteiger partial charge is 0.507 e. The third kappa shape index (κ3) is 24.9. The monoisotopic (exact) mass is 649 g/mol. The van der Waals surface area contributed by atoms with Crippen LogP contribution in [0.4, 0.5) is 0 Å². The van der Waals surface area contributed by atoms with Crippen molar-refractivity contribution in [1.82, 2.24) is 0 Å². The van der Waals surface area contributed by atoms with Crippen LogP contribution >= 0.6 is 23.5 Å². The van der Waals surface area contributed by atoms with Crippen LogP contribution in [0, 0.1) is 0 Å². The molecule has 0 fully saturated rings. The zero-order valence-electron chi connectivity index (χ0n) is 30.0. The molecule has 0 saturated carbocycles. The summed E-state index contributed by atoms with van der Waals surface area (Å²) >= 11 is 4.07. The van der Waals surface area contributed by atoms with Crippen LogP contribution in [0.15, 0.2) is 12.1 Å². The molecule has 0 saturated heterocycles. The zero-order valence-corrected chi connectivity index (χ0v) is 31.7. The predicted molar refractivity (Wildman–Crippen MR) is 206 cm³/mol. The van der Waals surface area contributed by atoms with Crippen LogP contribution in [0.1, 0.15) is 211 Å². The van der Waals surface area contributed by atoms with Gasteiger partial charge in [-0.3, -0.25) is 0 Å². The molecule has 1 N–H and O–H groups in total. The maximum atomic E-state index is 11.2. The molecule has 0 heterocycles. The summed E-state index contributed by atoms with van der Waals surface area (Å²) in [6.07, 6.45) is 38.6. The first kappa shape index (κ1) is 41.7. The third-order valence-electron chi connectivity index (χ3n) is 9.20. The molecule has 44 heavy (non-hydrogen) atoms. The SMILES string of the molecule is CCCCCCCCCCCCSCc1cc(CCCCCCCCC)cc(CSCCCCCCCCCCCC)c1O. The van der Waals surface area contributed by atoms with E-state index < -0.39 is 0 Å². The van der Waals surface area contributed by atoms with E-state index in [1.807, 2.05) is 23.5 Å². The molecule has 1 aromatic rings.